The Bertz CT molecular complexity index is 827. The van der Waals surface area contributed by atoms with Gasteiger partial charge in [-0.2, -0.15) is 0 Å². The lowest BCUT2D eigenvalue weighted by atomic mass is 10.1. The maximum Gasteiger partial charge on any atom is 0.165 e. The molecule has 3 rings (SSSR count). The van der Waals surface area contributed by atoms with Crippen LogP contribution >= 0.6 is 34.8 Å². The molecule has 0 aliphatic rings. The van der Waals surface area contributed by atoms with Crippen LogP contribution in [0.25, 0.3) is 11.4 Å². The lowest BCUT2D eigenvalue weighted by molar-refractivity contribution is 0.798. The van der Waals surface area contributed by atoms with Gasteiger partial charge in [-0.1, -0.05) is 46.9 Å². The number of hydrogen-bond donors (Lipinski definition) is 0. The Morgan fingerprint density at radius 1 is 1.09 bits per heavy atom. The summed E-state index contributed by atoms with van der Waals surface area (Å²) in [5.74, 6) is 0.673. The quantitative estimate of drug-likeness (QED) is 0.643. The summed E-state index contributed by atoms with van der Waals surface area (Å²) in [5, 5.41) is 9.84. The van der Waals surface area contributed by atoms with E-state index in [0.717, 1.165) is 16.7 Å². The van der Waals surface area contributed by atoms with Crippen molar-refractivity contribution in [3.8, 4) is 11.4 Å². The van der Waals surface area contributed by atoms with Crippen molar-refractivity contribution < 1.29 is 0 Å². The highest BCUT2D eigenvalue weighted by atomic mass is 35.5. The van der Waals surface area contributed by atoms with E-state index >= 15 is 0 Å². The molecule has 6 heteroatoms. The standard InChI is InChI=1S/C16H12Cl3N3/c1-10-5-6-12(17)7-11(10)8-22-9-20-21-16(22)13-3-2-4-14(18)15(13)19/h2-7,9H,8H2,1H3. The predicted octanol–water partition coefficient (Wildman–Crippen LogP) is 5.26. The Morgan fingerprint density at radius 3 is 2.73 bits per heavy atom. The van der Waals surface area contributed by atoms with Crippen molar-refractivity contribution >= 4 is 34.8 Å². The smallest absolute Gasteiger partial charge is 0.165 e. The molecule has 1 heterocycles. The summed E-state index contributed by atoms with van der Waals surface area (Å²) in [6, 6.07) is 11.3. The van der Waals surface area contributed by atoms with Crippen molar-refractivity contribution in [3.05, 3.63) is 68.9 Å². The summed E-state index contributed by atoms with van der Waals surface area (Å²) in [5.41, 5.74) is 3.01. The fourth-order valence-electron chi connectivity index (χ4n) is 2.25. The van der Waals surface area contributed by atoms with Crippen LogP contribution in [0.1, 0.15) is 11.1 Å². The first kappa shape index (κ1) is 15.3. The average Bonchev–Trinajstić information content (AvgIpc) is 2.94. The summed E-state index contributed by atoms with van der Waals surface area (Å²) in [6.45, 7) is 2.65. The first-order chi connectivity index (χ1) is 10.6. The van der Waals surface area contributed by atoms with Crippen LogP contribution in [-0.4, -0.2) is 14.8 Å². The SMILES string of the molecule is Cc1ccc(Cl)cc1Cn1cnnc1-c1cccc(Cl)c1Cl. The van der Waals surface area contributed by atoms with Crippen LogP contribution in [-0.2, 0) is 6.54 Å². The van der Waals surface area contributed by atoms with E-state index in [1.807, 2.05) is 41.8 Å². The van der Waals surface area contributed by atoms with Crippen molar-refractivity contribution in [2.75, 3.05) is 0 Å². The molecule has 22 heavy (non-hydrogen) atoms. The van der Waals surface area contributed by atoms with Crippen LogP contribution in [0.15, 0.2) is 42.7 Å². The van der Waals surface area contributed by atoms with E-state index in [4.69, 9.17) is 34.8 Å². The highest BCUT2D eigenvalue weighted by Gasteiger charge is 2.14. The Kier molecular flexibility index (Phi) is 4.39. The summed E-state index contributed by atoms with van der Waals surface area (Å²) in [4.78, 5) is 0. The Labute approximate surface area is 143 Å². The van der Waals surface area contributed by atoms with Gasteiger partial charge in [-0.15, -0.1) is 10.2 Å². The number of aryl methyl sites for hydroxylation is 1. The van der Waals surface area contributed by atoms with E-state index in [1.54, 1.807) is 12.4 Å². The second kappa shape index (κ2) is 6.29. The fourth-order valence-corrected chi connectivity index (χ4v) is 2.83. The largest absolute Gasteiger partial charge is 0.309 e. The monoisotopic (exact) mass is 351 g/mol. The molecule has 0 radical (unpaired) electrons. The lowest BCUT2D eigenvalue weighted by Gasteiger charge is -2.11. The molecule has 2 aromatic carbocycles. The molecule has 0 aliphatic heterocycles. The van der Waals surface area contributed by atoms with Gasteiger partial charge in [0.1, 0.15) is 6.33 Å². The number of halogens is 3. The van der Waals surface area contributed by atoms with Gasteiger partial charge in [0.25, 0.3) is 0 Å². The lowest BCUT2D eigenvalue weighted by Crippen LogP contribution is -2.03. The Morgan fingerprint density at radius 2 is 1.91 bits per heavy atom. The minimum atomic E-state index is 0.473. The summed E-state index contributed by atoms with van der Waals surface area (Å²) < 4.78 is 1.93. The van der Waals surface area contributed by atoms with E-state index < -0.39 is 0 Å². The molecule has 3 aromatic rings. The molecular weight excluding hydrogens is 341 g/mol. The van der Waals surface area contributed by atoms with Crippen LogP contribution in [0.2, 0.25) is 15.1 Å². The van der Waals surface area contributed by atoms with Gasteiger partial charge >= 0.3 is 0 Å². The molecule has 0 saturated carbocycles. The Balaban J connectivity index is 2.03. The third kappa shape index (κ3) is 2.98. The zero-order valence-electron chi connectivity index (χ0n) is 11.7. The zero-order chi connectivity index (χ0) is 15.7. The van der Waals surface area contributed by atoms with E-state index in [-0.39, 0.29) is 0 Å². The maximum absolute atomic E-state index is 6.28. The predicted molar refractivity (Wildman–Crippen MR) is 90.8 cm³/mol. The number of rotatable bonds is 3. The summed E-state index contributed by atoms with van der Waals surface area (Å²) in [7, 11) is 0. The highest BCUT2D eigenvalue weighted by molar-refractivity contribution is 6.43. The second-order valence-electron chi connectivity index (χ2n) is 4.95. The molecule has 112 valence electrons. The van der Waals surface area contributed by atoms with Crippen molar-refractivity contribution in [1.82, 2.24) is 14.8 Å². The number of aromatic nitrogens is 3. The van der Waals surface area contributed by atoms with Gasteiger partial charge in [-0.05, 0) is 42.3 Å². The fraction of sp³-hybridized carbons (Fsp3) is 0.125. The second-order valence-corrected chi connectivity index (χ2v) is 6.18. The molecule has 0 unspecified atom stereocenters. The third-order valence-corrected chi connectivity index (χ3v) is 4.51. The van der Waals surface area contributed by atoms with Gasteiger partial charge in [0, 0.05) is 10.6 Å². The number of hydrogen-bond acceptors (Lipinski definition) is 2. The molecule has 0 amide bonds. The molecule has 3 nitrogen and oxygen atoms in total. The van der Waals surface area contributed by atoms with E-state index in [1.165, 1.54) is 0 Å². The molecule has 0 aliphatic carbocycles. The van der Waals surface area contributed by atoms with Gasteiger partial charge in [-0.25, -0.2) is 0 Å². The van der Waals surface area contributed by atoms with Gasteiger partial charge in [0.05, 0.1) is 16.6 Å². The molecule has 0 bridgehead atoms. The molecule has 0 spiro atoms. The first-order valence-electron chi connectivity index (χ1n) is 6.63. The molecule has 0 atom stereocenters. The minimum Gasteiger partial charge on any atom is -0.309 e. The third-order valence-electron chi connectivity index (χ3n) is 3.46. The van der Waals surface area contributed by atoms with Crippen LogP contribution in [0.3, 0.4) is 0 Å². The van der Waals surface area contributed by atoms with E-state index in [2.05, 4.69) is 10.2 Å². The Hall–Kier alpha value is -1.55. The van der Waals surface area contributed by atoms with Crippen LogP contribution in [0.4, 0.5) is 0 Å². The molecule has 1 aromatic heterocycles. The van der Waals surface area contributed by atoms with Crippen molar-refractivity contribution in [3.63, 3.8) is 0 Å². The van der Waals surface area contributed by atoms with Crippen molar-refractivity contribution in [2.24, 2.45) is 0 Å². The van der Waals surface area contributed by atoms with Crippen LogP contribution < -0.4 is 0 Å². The minimum absolute atomic E-state index is 0.473. The zero-order valence-corrected chi connectivity index (χ0v) is 14.0. The van der Waals surface area contributed by atoms with Gasteiger partial charge in [-0.3, -0.25) is 0 Å². The van der Waals surface area contributed by atoms with Crippen LogP contribution in [0.5, 0.6) is 0 Å². The average molecular weight is 353 g/mol. The molecular formula is C16H12Cl3N3. The molecule has 0 saturated heterocycles. The van der Waals surface area contributed by atoms with E-state index in [0.29, 0.717) is 27.4 Å². The topological polar surface area (TPSA) is 30.7 Å². The molecule has 0 N–H and O–H groups in total. The van der Waals surface area contributed by atoms with Crippen molar-refractivity contribution in [2.45, 2.75) is 13.5 Å². The van der Waals surface area contributed by atoms with Crippen molar-refractivity contribution in [1.29, 1.82) is 0 Å². The normalized spacial score (nSPS) is 10.9. The first-order valence-corrected chi connectivity index (χ1v) is 7.77. The van der Waals surface area contributed by atoms with E-state index in [9.17, 15) is 0 Å². The van der Waals surface area contributed by atoms with Gasteiger partial charge < -0.3 is 4.57 Å². The maximum atomic E-state index is 6.28. The molecule has 0 fully saturated rings. The summed E-state index contributed by atoms with van der Waals surface area (Å²) in [6.07, 6.45) is 1.67. The summed E-state index contributed by atoms with van der Waals surface area (Å²) >= 11 is 18.4. The van der Waals surface area contributed by atoms with Gasteiger partial charge in [0.2, 0.25) is 0 Å². The van der Waals surface area contributed by atoms with Crippen LogP contribution in [0, 0.1) is 6.92 Å². The van der Waals surface area contributed by atoms with Gasteiger partial charge in [0.15, 0.2) is 5.82 Å². The number of benzene rings is 2. The number of nitrogens with zero attached hydrogens (tertiary/aromatic N) is 3. The highest BCUT2D eigenvalue weighted by Crippen LogP contribution is 2.32.